The van der Waals surface area contributed by atoms with Gasteiger partial charge in [-0.05, 0) is 42.8 Å². The first-order valence-corrected chi connectivity index (χ1v) is 9.64. The second-order valence-corrected chi connectivity index (χ2v) is 7.90. The number of benzene rings is 1. The lowest BCUT2D eigenvalue weighted by Crippen LogP contribution is -2.23. The topological polar surface area (TPSA) is 63.9 Å². The van der Waals surface area contributed by atoms with Gasteiger partial charge in [-0.15, -0.1) is 0 Å². The summed E-state index contributed by atoms with van der Waals surface area (Å²) in [6, 6.07) is 12.7. The maximum Gasteiger partial charge on any atom is 0.269 e. The quantitative estimate of drug-likeness (QED) is 0.486. The molecule has 1 aliphatic rings. The summed E-state index contributed by atoms with van der Waals surface area (Å²) in [6.45, 7) is 1.95. The van der Waals surface area contributed by atoms with Gasteiger partial charge in [0.25, 0.3) is 11.5 Å². The number of hydrogen-bond acceptors (Lipinski definition) is 6. The van der Waals surface area contributed by atoms with Gasteiger partial charge in [0.05, 0.1) is 4.91 Å². The number of nitrogens with zero attached hydrogens (tertiary/aromatic N) is 3. The fraction of sp³-hybridized carbons (Fsp3) is 0.100. The van der Waals surface area contributed by atoms with Crippen molar-refractivity contribution in [2.24, 2.45) is 0 Å². The van der Waals surface area contributed by atoms with Crippen LogP contribution in [0, 0.1) is 6.92 Å². The number of amides is 1. The highest BCUT2D eigenvalue weighted by Gasteiger charge is 2.29. The summed E-state index contributed by atoms with van der Waals surface area (Å²) in [4.78, 5) is 31.7. The number of carbonyl (C=O) groups excluding carboxylic acids is 1. The number of aryl methyl sites for hydroxylation is 1. The average Bonchev–Trinajstić information content (AvgIpc) is 2.92. The van der Waals surface area contributed by atoms with Crippen molar-refractivity contribution in [1.82, 2.24) is 14.3 Å². The molecule has 1 fully saturated rings. The van der Waals surface area contributed by atoms with Crippen molar-refractivity contribution >= 4 is 45.9 Å². The Morgan fingerprint density at radius 3 is 2.71 bits per heavy atom. The Bertz CT molecular complexity index is 1220. The molecule has 0 saturated carbocycles. The van der Waals surface area contributed by atoms with Crippen molar-refractivity contribution in [3.63, 3.8) is 0 Å². The van der Waals surface area contributed by atoms with Gasteiger partial charge in [-0.1, -0.05) is 42.2 Å². The number of rotatable bonds is 3. The van der Waals surface area contributed by atoms with Gasteiger partial charge in [0, 0.05) is 13.2 Å². The Hall–Kier alpha value is -2.97. The summed E-state index contributed by atoms with van der Waals surface area (Å²) in [6.07, 6.45) is 3.13. The Balaban J connectivity index is 1.90. The minimum atomic E-state index is -0.324. The Labute approximate surface area is 170 Å². The molecule has 8 heteroatoms. The van der Waals surface area contributed by atoms with Crippen molar-refractivity contribution in [1.29, 1.82) is 0 Å². The minimum absolute atomic E-state index is 0.142. The van der Waals surface area contributed by atoms with Crippen LogP contribution in [0.4, 0.5) is 0 Å². The van der Waals surface area contributed by atoms with E-state index in [1.807, 2.05) is 25.1 Å². The SMILES string of the molecule is Cc1cccc(Oc2nc3ccccn3c(=O)c2/C=C2/SC(=S)N(C)C2=O)c1. The first kappa shape index (κ1) is 18.4. The summed E-state index contributed by atoms with van der Waals surface area (Å²) >= 11 is 6.32. The van der Waals surface area contributed by atoms with E-state index in [-0.39, 0.29) is 22.9 Å². The van der Waals surface area contributed by atoms with E-state index in [0.717, 1.165) is 17.3 Å². The second kappa shape index (κ2) is 7.21. The van der Waals surface area contributed by atoms with Crippen LogP contribution in [0.5, 0.6) is 11.6 Å². The lowest BCUT2D eigenvalue weighted by Gasteiger charge is -2.10. The van der Waals surface area contributed by atoms with Crippen molar-refractivity contribution in [3.8, 4) is 11.6 Å². The van der Waals surface area contributed by atoms with Crippen LogP contribution < -0.4 is 10.3 Å². The monoisotopic (exact) mass is 409 g/mol. The molecule has 1 aliphatic heterocycles. The lowest BCUT2D eigenvalue weighted by molar-refractivity contribution is -0.121. The Morgan fingerprint density at radius 1 is 1.18 bits per heavy atom. The number of hydrogen-bond donors (Lipinski definition) is 0. The predicted octanol–water partition coefficient (Wildman–Crippen LogP) is 3.63. The molecular formula is C20H15N3O3S2. The van der Waals surface area contributed by atoms with Crippen LogP contribution in [0.3, 0.4) is 0 Å². The molecule has 2 aromatic heterocycles. The molecule has 0 unspecified atom stereocenters. The standard InChI is InChI=1S/C20H15N3O3S2/c1-12-6-5-7-13(10-12)26-17-14(11-15-19(25)22(2)20(27)28-15)18(24)23-9-4-3-8-16(23)21-17/h3-11H,1-2H3/b15-11+. The summed E-state index contributed by atoms with van der Waals surface area (Å²) in [7, 11) is 1.61. The number of likely N-dealkylation sites (N-methyl/N-ethyl adjacent to an activating group) is 1. The summed E-state index contributed by atoms with van der Waals surface area (Å²) in [5, 5.41) is 0. The highest BCUT2D eigenvalue weighted by molar-refractivity contribution is 8.26. The number of thioether (sulfide) groups is 1. The van der Waals surface area contributed by atoms with E-state index in [2.05, 4.69) is 4.98 Å². The molecule has 1 saturated heterocycles. The Kier molecular flexibility index (Phi) is 4.74. The number of ether oxygens (including phenoxy) is 1. The van der Waals surface area contributed by atoms with Crippen LogP contribution in [-0.4, -0.2) is 31.6 Å². The molecular weight excluding hydrogens is 394 g/mol. The zero-order chi connectivity index (χ0) is 19.8. The van der Waals surface area contributed by atoms with Crippen LogP contribution in [0.25, 0.3) is 11.7 Å². The number of thiocarbonyl (C=S) groups is 1. The maximum atomic E-state index is 13.1. The minimum Gasteiger partial charge on any atom is -0.438 e. The van der Waals surface area contributed by atoms with Crippen LogP contribution in [0.1, 0.15) is 11.1 Å². The van der Waals surface area contributed by atoms with E-state index < -0.39 is 0 Å². The first-order valence-electron chi connectivity index (χ1n) is 8.41. The van der Waals surface area contributed by atoms with Gasteiger partial charge in [-0.2, -0.15) is 4.98 Å². The van der Waals surface area contributed by atoms with Crippen LogP contribution in [-0.2, 0) is 4.79 Å². The van der Waals surface area contributed by atoms with Crippen molar-refractivity contribution in [3.05, 3.63) is 75.0 Å². The molecule has 3 heterocycles. The van der Waals surface area contributed by atoms with E-state index in [9.17, 15) is 9.59 Å². The molecule has 140 valence electrons. The first-order chi connectivity index (χ1) is 13.4. The third kappa shape index (κ3) is 3.32. The average molecular weight is 409 g/mol. The third-order valence-electron chi connectivity index (χ3n) is 4.20. The predicted molar refractivity (Wildman–Crippen MR) is 114 cm³/mol. The molecule has 28 heavy (non-hydrogen) atoms. The van der Waals surface area contributed by atoms with Gasteiger partial charge >= 0.3 is 0 Å². The normalized spacial score (nSPS) is 15.6. The molecule has 0 radical (unpaired) electrons. The maximum absolute atomic E-state index is 13.1. The third-order valence-corrected chi connectivity index (χ3v) is 5.68. The fourth-order valence-corrected chi connectivity index (χ4v) is 3.91. The molecule has 4 rings (SSSR count). The van der Waals surface area contributed by atoms with Crippen molar-refractivity contribution in [2.45, 2.75) is 6.92 Å². The zero-order valence-corrected chi connectivity index (χ0v) is 16.7. The molecule has 3 aromatic rings. The van der Waals surface area contributed by atoms with Gasteiger partial charge < -0.3 is 4.74 Å². The summed E-state index contributed by atoms with van der Waals surface area (Å²) < 4.78 is 7.80. The van der Waals surface area contributed by atoms with Crippen LogP contribution in [0.2, 0.25) is 0 Å². The summed E-state index contributed by atoms with van der Waals surface area (Å²) in [5.41, 5.74) is 1.34. The van der Waals surface area contributed by atoms with Crippen molar-refractivity contribution in [2.75, 3.05) is 7.05 Å². The van der Waals surface area contributed by atoms with Crippen molar-refractivity contribution < 1.29 is 9.53 Å². The second-order valence-electron chi connectivity index (χ2n) is 6.22. The zero-order valence-electron chi connectivity index (χ0n) is 15.1. The number of carbonyl (C=O) groups is 1. The molecule has 0 aliphatic carbocycles. The molecule has 1 amide bonds. The number of pyridine rings is 1. The Morgan fingerprint density at radius 2 is 2.00 bits per heavy atom. The number of fused-ring (bicyclic) bond motifs is 1. The van der Waals surface area contributed by atoms with E-state index in [1.165, 1.54) is 15.4 Å². The lowest BCUT2D eigenvalue weighted by atomic mass is 10.2. The smallest absolute Gasteiger partial charge is 0.269 e. The van der Waals surface area contributed by atoms with Crippen LogP contribution in [0.15, 0.2) is 58.4 Å². The van der Waals surface area contributed by atoms with Gasteiger partial charge in [-0.25, -0.2) is 0 Å². The molecule has 0 N–H and O–H groups in total. The van der Waals surface area contributed by atoms with Gasteiger partial charge in [-0.3, -0.25) is 18.9 Å². The molecule has 0 spiro atoms. The van der Waals surface area contributed by atoms with Crippen LogP contribution >= 0.6 is 24.0 Å². The highest BCUT2D eigenvalue weighted by Crippen LogP contribution is 2.33. The molecule has 6 nitrogen and oxygen atoms in total. The number of aromatic nitrogens is 2. The molecule has 1 aromatic carbocycles. The van der Waals surface area contributed by atoms with E-state index in [4.69, 9.17) is 17.0 Å². The highest BCUT2D eigenvalue weighted by atomic mass is 32.2. The largest absolute Gasteiger partial charge is 0.438 e. The van der Waals surface area contributed by atoms with E-state index in [0.29, 0.717) is 20.6 Å². The van der Waals surface area contributed by atoms with Gasteiger partial charge in [0.1, 0.15) is 21.3 Å². The summed E-state index contributed by atoms with van der Waals surface area (Å²) in [5.74, 6) is 0.446. The van der Waals surface area contributed by atoms with E-state index >= 15 is 0 Å². The fourth-order valence-electron chi connectivity index (χ4n) is 2.75. The van der Waals surface area contributed by atoms with Gasteiger partial charge in [0.2, 0.25) is 5.88 Å². The molecule has 0 bridgehead atoms. The van der Waals surface area contributed by atoms with E-state index in [1.54, 1.807) is 37.5 Å². The molecule has 0 atom stereocenters. The van der Waals surface area contributed by atoms with Gasteiger partial charge in [0.15, 0.2) is 0 Å².